The topological polar surface area (TPSA) is 26.1 Å². The number of methoxy groups -OCH3 is 1. The molecule has 0 aliphatic carbocycles. The zero-order chi connectivity index (χ0) is 17.3. The first-order chi connectivity index (χ1) is 12.2. The predicted molar refractivity (Wildman–Crippen MR) is 97.4 cm³/mol. The van der Waals surface area contributed by atoms with Crippen LogP contribution in [-0.4, -0.2) is 31.7 Å². The van der Waals surface area contributed by atoms with Gasteiger partial charge in [0.2, 0.25) is 5.69 Å². The van der Waals surface area contributed by atoms with E-state index in [-0.39, 0.29) is 5.41 Å². The lowest BCUT2D eigenvalue weighted by molar-refractivity contribution is 0.130. The highest BCUT2D eigenvalue weighted by molar-refractivity contribution is 5.58. The number of nitrogens with zero attached hydrogens (tertiary/aromatic N) is 2. The molecule has 2 aliphatic heterocycles. The smallest absolute Gasteiger partial charge is 0.228 e. The van der Waals surface area contributed by atoms with Crippen LogP contribution in [0.5, 0.6) is 11.5 Å². The van der Waals surface area contributed by atoms with Crippen molar-refractivity contribution in [3.8, 4) is 11.5 Å². The van der Waals surface area contributed by atoms with Crippen LogP contribution in [0.25, 0.3) is 4.85 Å². The van der Waals surface area contributed by atoms with Crippen LogP contribution in [0.1, 0.15) is 24.0 Å². The van der Waals surface area contributed by atoms with Crippen molar-refractivity contribution in [2.75, 3.05) is 26.8 Å². The Morgan fingerprint density at radius 3 is 2.76 bits per heavy atom. The molecule has 4 heteroatoms. The minimum absolute atomic E-state index is 0.193. The summed E-state index contributed by atoms with van der Waals surface area (Å²) in [4.78, 5) is 5.98. The maximum atomic E-state index is 7.19. The molecule has 0 saturated carbocycles. The van der Waals surface area contributed by atoms with Crippen molar-refractivity contribution in [3.05, 3.63) is 65.0 Å². The fraction of sp³-hybridized carbons (Fsp3) is 0.381. The largest absolute Gasteiger partial charge is 0.508 e. The lowest BCUT2D eigenvalue weighted by Crippen LogP contribution is -2.43. The number of hydrogen-bond donors (Lipinski definition) is 0. The Balaban J connectivity index is 1.44. The lowest BCUT2D eigenvalue weighted by Gasteiger charge is -2.38. The molecule has 25 heavy (non-hydrogen) atoms. The number of benzene rings is 2. The van der Waals surface area contributed by atoms with Crippen molar-refractivity contribution in [1.82, 2.24) is 4.90 Å². The molecular formula is C21H22N2O2. The Kier molecular flexibility index (Phi) is 4.10. The van der Waals surface area contributed by atoms with E-state index in [4.69, 9.17) is 16.0 Å². The molecule has 2 heterocycles. The SMILES string of the molecule is [C-]#[N+]c1ccc(CN2CCC3(CC2)COc2ccccc23)cc1OC. The van der Waals surface area contributed by atoms with Crippen LogP contribution in [-0.2, 0) is 12.0 Å². The van der Waals surface area contributed by atoms with Crippen LogP contribution in [0, 0.1) is 6.57 Å². The van der Waals surface area contributed by atoms with Crippen molar-refractivity contribution in [2.24, 2.45) is 0 Å². The first kappa shape index (κ1) is 16.0. The summed E-state index contributed by atoms with van der Waals surface area (Å²) in [7, 11) is 1.62. The second kappa shape index (κ2) is 6.42. The van der Waals surface area contributed by atoms with Gasteiger partial charge >= 0.3 is 0 Å². The highest BCUT2D eigenvalue weighted by Crippen LogP contribution is 2.45. The van der Waals surface area contributed by atoms with Crippen molar-refractivity contribution in [3.63, 3.8) is 0 Å². The molecule has 128 valence electrons. The van der Waals surface area contributed by atoms with E-state index in [9.17, 15) is 0 Å². The number of hydrogen-bond acceptors (Lipinski definition) is 3. The summed E-state index contributed by atoms with van der Waals surface area (Å²) < 4.78 is 11.3. The zero-order valence-corrected chi connectivity index (χ0v) is 14.5. The molecule has 0 N–H and O–H groups in total. The molecule has 0 radical (unpaired) electrons. The molecule has 0 unspecified atom stereocenters. The van der Waals surface area contributed by atoms with E-state index in [1.54, 1.807) is 7.11 Å². The van der Waals surface area contributed by atoms with E-state index in [0.29, 0.717) is 11.4 Å². The highest BCUT2D eigenvalue weighted by atomic mass is 16.5. The molecule has 4 nitrogen and oxygen atoms in total. The van der Waals surface area contributed by atoms with E-state index in [1.807, 2.05) is 24.3 Å². The molecule has 1 saturated heterocycles. The third kappa shape index (κ3) is 2.85. The van der Waals surface area contributed by atoms with Gasteiger partial charge in [0.05, 0.1) is 20.3 Å². The van der Waals surface area contributed by atoms with Crippen molar-refractivity contribution < 1.29 is 9.47 Å². The molecule has 0 atom stereocenters. The molecule has 4 rings (SSSR count). The van der Waals surface area contributed by atoms with E-state index in [0.717, 1.165) is 44.8 Å². The van der Waals surface area contributed by atoms with Crippen molar-refractivity contribution in [2.45, 2.75) is 24.8 Å². The van der Waals surface area contributed by atoms with Crippen LogP contribution >= 0.6 is 0 Å². The molecule has 1 spiro atoms. The van der Waals surface area contributed by atoms with Gasteiger partial charge in [-0.2, -0.15) is 0 Å². The van der Waals surface area contributed by atoms with E-state index in [2.05, 4.69) is 27.9 Å². The van der Waals surface area contributed by atoms with Crippen molar-refractivity contribution in [1.29, 1.82) is 0 Å². The number of ether oxygens (including phenoxy) is 2. The average Bonchev–Trinajstić information content (AvgIpc) is 3.02. The van der Waals surface area contributed by atoms with Gasteiger partial charge in [-0.1, -0.05) is 30.3 Å². The van der Waals surface area contributed by atoms with Gasteiger partial charge in [-0.05, 0) is 43.6 Å². The average molecular weight is 334 g/mol. The van der Waals surface area contributed by atoms with Gasteiger partial charge in [0.15, 0.2) is 0 Å². The molecule has 2 aromatic carbocycles. The zero-order valence-electron chi connectivity index (χ0n) is 14.5. The molecule has 0 aromatic heterocycles. The van der Waals surface area contributed by atoms with Gasteiger partial charge in [0.1, 0.15) is 11.5 Å². The quantitative estimate of drug-likeness (QED) is 0.788. The van der Waals surface area contributed by atoms with Crippen LogP contribution in [0.2, 0.25) is 0 Å². The molecule has 0 bridgehead atoms. The Hall–Kier alpha value is -2.51. The van der Waals surface area contributed by atoms with Crippen molar-refractivity contribution >= 4 is 5.69 Å². The summed E-state index contributed by atoms with van der Waals surface area (Å²) >= 11 is 0. The third-order valence-corrected chi connectivity index (χ3v) is 5.55. The highest BCUT2D eigenvalue weighted by Gasteiger charge is 2.42. The fourth-order valence-electron chi connectivity index (χ4n) is 4.05. The minimum Gasteiger partial charge on any atom is -0.508 e. The monoisotopic (exact) mass is 334 g/mol. The summed E-state index contributed by atoms with van der Waals surface area (Å²) in [6.45, 7) is 11.0. The van der Waals surface area contributed by atoms with Gasteiger partial charge < -0.3 is 9.47 Å². The Bertz CT molecular complexity index is 817. The van der Waals surface area contributed by atoms with Gasteiger partial charge in [0.25, 0.3) is 0 Å². The van der Waals surface area contributed by atoms with Crippen LogP contribution in [0.3, 0.4) is 0 Å². The van der Waals surface area contributed by atoms with Crippen LogP contribution < -0.4 is 9.47 Å². The Morgan fingerprint density at radius 2 is 2.00 bits per heavy atom. The van der Waals surface area contributed by atoms with Crippen LogP contribution in [0.15, 0.2) is 42.5 Å². The lowest BCUT2D eigenvalue weighted by atomic mass is 9.74. The van der Waals surface area contributed by atoms with E-state index < -0.39 is 0 Å². The van der Waals surface area contributed by atoms with Gasteiger partial charge in [0, 0.05) is 17.5 Å². The summed E-state index contributed by atoms with van der Waals surface area (Å²) in [6.07, 6.45) is 2.25. The minimum atomic E-state index is 0.193. The van der Waals surface area contributed by atoms with Gasteiger partial charge in [-0.3, -0.25) is 4.90 Å². The van der Waals surface area contributed by atoms with E-state index >= 15 is 0 Å². The predicted octanol–water partition coefficient (Wildman–Crippen LogP) is 4.17. The summed E-state index contributed by atoms with van der Waals surface area (Å²) in [6, 6.07) is 14.4. The number of fused-ring (bicyclic) bond motifs is 2. The molecule has 2 aromatic rings. The van der Waals surface area contributed by atoms with Gasteiger partial charge in [-0.15, -0.1) is 0 Å². The maximum Gasteiger partial charge on any atom is 0.228 e. The molecule has 1 fully saturated rings. The first-order valence-corrected chi connectivity index (χ1v) is 8.73. The standard InChI is InChI=1S/C21H22N2O2/c1-22-18-8-7-16(13-20(18)24-2)14-23-11-9-21(10-12-23)15-25-19-6-4-3-5-17(19)21/h3-8,13H,9-12,14-15H2,2H3. The number of likely N-dealkylation sites (tertiary alicyclic amines) is 1. The number of rotatable bonds is 3. The summed E-state index contributed by atoms with van der Waals surface area (Å²) in [5, 5.41) is 0. The fourth-order valence-corrected chi connectivity index (χ4v) is 4.05. The molecule has 0 amide bonds. The summed E-state index contributed by atoms with van der Waals surface area (Å²) in [5.41, 5.74) is 3.35. The normalized spacial score (nSPS) is 18.4. The first-order valence-electron chi connectivity index (χ1n) is 8.73. The third-order valence-electron chi connectivity index (χ3n) is 5.55. The number of piperidine rings is 1. The molecular weight excluding hydrogens is 312 g/mol. The van der Waals surface area contributed by atoms with E-state index in [1.165, 1.54) is 11.1 Å². The van der Waals surface area contributed by atoms with Crippen LogP contribution in [0.4, 0.5) is 5.69 Å². The molecule has 2 aliphatic rings. The van der Waals surface area contributed by atoms with Gasteiger partial charge in [-0.25, -0.2) is 4.85 Å². The summed E-state index contributed by atoms with van der Waals surface area (Å²) in [5.74, 6) is 1.73. The second-order valence-electron chi connectivity index (χ2n) is 6.96. The number of para-hydroxylation sites is 1. The second-order valence-corrected chi connectivity index (χ2v) is 6.96. The Morgan fingerprint density at radius 1 is 1.20 bits per heavy atom. The maximum absolute atomic E-state index is 7.19. The Labute approximate surface area is 148 Å².